The van der Waals surface area contributed by atoms with E-state index in [2.05, 4.69) is 59.6 Å². The summed E-state index contributed by atoms with van der Waals surface area (Å²) in [6.07, 6.45) is 9.79. The van der Waals surface area contributed by atoms with Crippen LogP contribution in [0.15, 0.2) is 16.7 Å². The van der Waals surface area contributed by atoms with E-state index in [1.54, 1.807) is 6.26 Å². The van der Waals surface area contributed by atoms with Gasteiger partial charge >= 0.3 is 0 Å². The van der Waals surface area contributed by atoms with Crippen LogP contribution in [0.1, 0.15) is 77.4 Å². The average molecular weight is 413 g/mol. The van der Waals surface area contributed by atoms with Gasteiger partial charge in [0, 0.05) is 11.7 Å². The molecule has 0 aromatic carbocycles. The maximum Gasteiger partial charge on any atom is 0.171 e. The number of hydrogen-bond acceptors (Lipinski definition) is 3. The molecule has 3 nitrogen and oxygen atoms in total. The predicted octanol–water partition coefficient (Wildman–Crippen LogP) is 6.00. The molecular formula is C22H44O3Si2. The van der Waals surface area contributed by atoms with Crippen molar-refractivity contribution in [1.82, 2.24) is 0 Å². The van der Waals surface area contributed by atoms with E-state index in [0.717, 1.165) is 23.8 Å². The molecule has 1 rings (SSSR count). The standard InChI is InChI=1S/C22H44O3Si2/c1-22(2,3)20(25-26(4)5)15-13-11-9-10-12-14-19(23)18-16-21(24-17-18)27(6,7)8/h16-17,19-20,23,26H,9-15H2,1-8H3. The summed E-state index contributed by atoms with van der Waals surface area (Å²) in [6, 6.07) is 2.07. The Morgan fingerprint density at radius 3 is 2.07 bits per heavy atom. The highest BCUT2D eigenvalue weighted by atomic mass is 28.3. The number of rotatable bonds is 12. The molecule has 1 N–H and O–H groups in total. The van der Waals surface area contributed by atoms with Gasteiger partial charge in [0.2, 0.25) is 0 Å². The fourth-order valence-corrected chi connectivity index (χ4v) is 5.53. The molecule has 158 valence electrons. The summed E-state index contributed by atoms with van der Waals surface area (Å²) in [7, 11) is -2.41. The molecule has 2 unspecified atom stereocenters. The van der Waals surface area contributed by atoms with Crippen molar-refractivity contribution in [3.8, 4) is 0 Å². The Balaban J connectivity index is 2.22. The van der Waals surface area contributed by atoms with Gasteiger partial charge in [0.05, 0.1) is 17.8 Å². The van der Waals surface area contributed by atoms with Crippen LogP contribution in [0.2, 0.25) is 32.7 Å². The smallest absolute Gasteiger partial charge is 0.171 e. The normalized spacial score (nSPS) is 15.3. The number of unbranched alkanes of at least 4 members (excludes halogenated alkanes) is 4. The molecule has 0 bridgehead atoms. The van der Waals surface area contributed by atoms with Gasteiger partial charge in [-0.25, -0.2) is 0 Å². The van der Waals surface area contributed by atoms with E-state index in [9.17, 15) is 5.11 Å². The molecule has 1 aromatic heterocycles. The summed E-state index contributed by atoms with van der Waals surface area (Å²) in [6.45, 7) is 18.2. The van der Waals surface area contributed by atoms with Gasteiger partial charge in [-0.05, 0) is 37.4 Å². The molecule has 0 aliphatic heterocycles. The molecule has 2 atom stereocenters. The highest BCUT2D eigenvalue weighted by Gasteiger charge is 2.25. The lowest BCUT2D eigenvalue weighted by Crippen LogP contribution is -2.36. The topological polar surface area (TPSA) is 42.6 Å². The quantitative estimate of drug-likeness (QED) is 0.338. The Labute approximate surface area is 170 Å². The lowest BCUT2D eigenvalue weighted by atomic mass is 9.86. The van der Waals surface area contributed by atoms with Crippen molar-refractivity contribution in [1.29, 1.82) is 0 Å². The molecule has 5 heteroatoms. The van der Waals surface area contributed by atoms with E-state index < -0.39 is 17.1 Å². The van der Waals surface area contributed by atoms with Gasteiger partial charge in [0.25, 0.3) is 0 Å². The monoisotopic (exact) mass is 412 g/mol. The molecule has 0 spiro atoms. The maximum absolute atomic E-state index is 10.4. The van der Waals surface area contributed by atoms with Crippen molar-refractivity contribution in [2.45, 2.75) is 111 Å². The zero-order valence-electron chi connectivity index (χ0n) is 19.1. The number of furan rings is 1. The molecular weight excluding hydrogens is 368 g/mol. The highest BCUT2D eigenvalue weighted by Crippen LogP contribution is 2.28. The Hall–Kier alpha value is -0.366. The van der Waals surface area contributed by atoms with Gasteiger partial charge in [-0.3, -0.25) is 0 Å². The number of aliphatic hydroxyl groups is 1. The van der Waals surface area contributed by atoms with Crippen LogP contribution >= 0.6 is 0 Å². The first kappa shape index (κ1) is 24.7. The molecule has 0 saturated carbocycles. The van der Waals surface area contributed by atoms with Crippen LogP contribution in [0.3, 0.4) is 0 Å². The van der Waals surface area contributed by atoms with Crippen molar-refractivity contribution in [2.75, 3.05) is 0 Å². The van der Waals surface area contributed by atoms with E-state index in [1.165, 1.54) is 32.1 Å². The fourth-order valence-electron chi connectivity index (χ4n) is 3.32. The molecule has 0 saturated heterocycles. The van der Waals surface area contributed by atoms with Crippen LogP contribution < -0.4 is 5.38 Å². The Bertz CT molecular complexity index is 526. The highest BCUT2D eigenvalue weighted by molar-refractivity contribution is 6.87. The van der Waals surface area contributed by atoms with Gasteiger partial charge in [-0.1, -0.05) is 72.5 Å². The van der Waals surface area contributed by atoms with E-state index in [-0.39, 0.29) is 11.5 Å². The zero-order valence-corrected chi connectivity index (χ0v) is 21.3. The molecule has 1 heterocycles. The molecule has 0 radical (unpaired) electrons. The third-order valence-corrected chi connectivity index (χ3v) is 7.70. The Morgan fingerprint density at radius 2 is 1.59 bits per heavy atom. The average Bonchev–Trinajstić information content (AvgIpc) is 3.01. The minimum atomic E-state index is -1.43. The van der Waals surface area contributed by atoms with Crippen LogP contribution in [0.25, 0.3) is 0 Å². The van der Waals surface area contributed by atoms with Crippen molar-refractivity contribution >= 4 is 22.5 Å². The molecule has 27 heavy (non-hydrogen) atoms. The number of hydrogen-bond donors (Lipinski definition) is 1. The molecule has 1 aromatic rings. The molecule has 0 aliphatic carbocycles. The molecule has 0 amide bonds. The van der Waals surface area contributed by atoms with Crippen LogP contribution in [-0.4, -0.2) is 28.3 Å². The van der Waals surface area contributed by atoms with Crippen molar-refractivity contribution in [3.63, 3.8) is 0 Å². The SMILES string of the molecule is C[SiH](C)OC(CCCCCCCC(O)c1coc([Si](C)(C)C)c1)C(C)(C)C. The molecule has 0 aliphatic rings. The second-order valence-electron chi connectivity index (χ2n) is 10.4. The van der Waals surface area contributed by atoms with Crippen LogP contribution in [0.4, 0.5) is 0 Å². The largest absolute Gasteiger partial charge is 0.474 e. The second kappa shape index (κ2) is 11.0. The minimum Gasteiger partial charge on any atom is -0.474 e. The summed E-state index contributed by atoms with van der Waals surface area (Å²) >= 11 is 0. The third-order valence-electron chi connectivity index (χ3n) is 5.09. The van der Waals surface area contributed by atoms with Crippen molar-refractivity contribution in [2.24, 2.45) is 5.41 Å². The first-order chi connectivity index (χ1) is 12.4. The third kappa shape index (κ3) is 9.59. The van der Waals surface area contributed by atoms with E-state index in [4.69, 9.17) is 8.84 Å². The fraction of sp³-hybridized carbons (Fsp3) is 0.818. The van der Waals surface area contributed by atoms with Gasteiger partial charge in [0.15, 0.2) is 9.04 Å². The first-order valence-electron chi connectivity index (χ1n) is 10.8. The van der Waals surface area contributed by atoms with Crippen molar-refractivity contribution in [3.05, 3.63) is 17.9 Å². The summed E-state index contributed by atoms with van der Waals surface area (Å²) in [4.78, 5) is 0. The van der Waals surface area contributed by atoms with E-state index >= 15 is 0 Å². The van der Waals surface area contributed by atoms with Crippen LogP contribution in [-0.2, 0) is 4.43 Å². The Kier molecular flexibility index (Phi) is 10.0. The van der Waals surface area contributed by atoms with Crippen molar-refractivity contribution < 1.29 is 13.9 Å². The van der Waals surface area contributed by atoms with Crippen LogP contribution in [0.5, 0.6) is 0 Å². The summed E-state index contributed by atoms with van der Waals surface area (Å²) in [5.41, 5.74) is 1.19. The Morgan fingerprint density at radius 1 is 1.04 bits per heavy atom. The van der Waals surface area contributed by atoms with Gasteiger partial charge in [-0.15, -0.1) is 0 Å². The predicted molar refractivity (Wildman–Crippen MR) is 122 cm³/mol. The summed E-state index contributed by atoms with van der Waals surface area (Å²) in [5, 5.41) is 11.5. The lowest BCUT2D eigenvalue weighted by Gasteiger charge is -2.32. The van der Waals surface area contributed by atoms with E-state index in [1.807, 2.05) is 0 Å². The summed E-state index contributed by atoms with van der Waals surface area (Å²) in [5.74, 6) is 0. The lowest BCUT2D eigenvalue weighted by molar-refractivity contribution is 0.0759. The van der Waals surface area contributed by atoms with Gasteiger partial charge < -0.3 is 13.9 Å². The minimum absolute atomic E-state index is 0.237. The van der Waals surface area contributed by atoms with Gasteiger partial charge in [-0.2, -0.15) is 0 Å². The zero-order chi connectivity index (χ0) is 20.7. The van der Waals surface area contributed by atoms with Gasteiger partial charge in [0.1, 0.15) is 8.07 Å². The number of aliphatic hydroxyl groups excluding tert-OH is 1. The maximum atomic E-state index is 10.4. The first-order valence-corrected chi connectivity index (χ1v) is 17.1. The van der Waals surface area contributed by atoms with Crippen LogP contribution in [0, 0.1) is 5.41 Å². The summed E-state index contributed by atoms with van der Waals surface area (Å²) < 4.78 is 11.9. The van der Waals surface area contributed by atoms with E-state index in [0.29, 0.717) is 6.10 Å². The molecule has 0 fully saturated rings. The second-order valence-corrected chi connectivity index (χ2v) is 17.8.